The SMILES string of the molecule is C=CCCCCOC(=O)[C@@H]1[C@H]2C(=O)N([C@@H](CO)CC(C)C)C(C(=O)N(CC=C)C(C)(C)CC(C)(C)C)C23CC(C)[C@@]1(C)O3. The monoisotopic (exact) mass is 602 g/mol. The molecule has 3 fully saturated rings. The topological polar surface area (TPSA) is 96.4 Å². The predicted octanol–water partition coefficient (Wildman–Crippen LogP) is 5.53. The van der Waals surface area contributed by atoms with Gasteiger partial charge in [0.2, 0.25) is 11.8 Å². The van der Waals surface area contributed by atoms with Gasteiger partial charge in [-0.2, -0.15) is 0 Å². The van der Waals surface area contributed by atoms with E-state index < -0.39 is 46.6 Å². The van der Waals surface area contributed by atoms with Crippen molar-refractivity contribution >= 4 is 17.8 Å². The zero-order valence-corrected chi connectivity index (χ0v) is 28.3. The third-order valence-corrected chi connectivity index (χ3v) is 9.91. The Bertz CT molecular complexity index is 1060. The fourth-order valence-electron chi connectivity index (χ4n) is 8.49. The van der Waals surface area contributed by atoms with Crippen molar-refractivity contribution in [2.75, 3.05) is 19.8 Å². The number of nitrogens with zero attached hydrogens (tertiary/aromatic N) is 2. The lowest BCUT2D eigenvalue weighted by atomic mass is 9.62. The highest BCUT2D eigenvalue weighted by atomic mass is 16.6. The normalized spacial score (nSPS) is 30.9. The largest absolute Gasteiger partial charge is 0.465 e. The summed E-state index contributed by atoms with van der Waals surface area (Å²) >= 11 is 0. The summed E-state index contributed by atoms with van der Waals surface area (Å²) in [5.41, 5.74) is -2.77. The van der Waals surface area contributed by atoms with Crippen LogP contribution in [0.1, 0.15) is 101 Å². The van der Waals surface area contributed by atoms with Crippen molar-refractivity contribution in [3.63, 3.8) is 0 Å². The second-order valence-electron chi connectivity index (χ2n) is 15.7. The fourth-order valence-corrected chi connectivity index (χ4v) is 8.49. The summed E-state index contributed by atoms with van der Waals surface area (Å²) in [6.07, 6.45) is 7.68. The number of hydrogen-bond donors (Lipinski definition) is 1. The van der Waals surface area contributed by atoms with E-state index in [1.807, 2.05) is 38.7 Å². The number of amides is 2. The highest BCUT2D eigenvalue weighted by Gasteiger charge is 2.81. The van der Waals surface area contributed by atoms with Gasteiger partial charge < -0.3 is 24.4 Å². The first-order chi connectivity index (χ1) is 19.9. The molecule has 0 aromatic heterocycles. The first-order valence-electron chi connectivity index (χ1n) is 16.2. The Morgan fingerprint density at radius 2 is 1.84 bits per heavy atom. The number of unbranched alkanes of at least 4 members (excludes halogenated alkanes) is 2. The van der Waals surface area contributed by atoms with Crippen molar-refractivity contribution in [2.45, 2.75) is 130 Å². The van der Waals surface area contributed by atoms with E-state index in [-0.39, 0.29) is 42.3 Å². The summed E-state index contributed by atoms with van der Waals surface area (Å²) in [6, 6.07) is -1.56. The molecule has 0 aromatic carbocycles. The Kier molecular flexibility index (Phi) is 10.7. The average molecular weight is 603 g/mol. The van der Waals surface area contributed by atoms with Crippen LogP contribution in [0.15, 0.2) is 25.3 Å². The summed E-state index contributed by atoms with van der Waals surface area (Å²) in [5, 5.41) is 10.6. The Hall–Kier alpha value is -2.19. The molecule has 3 aliphatic heterocycles. The predicted molar refractivity (Wildman–Crippen MR) is 169 cm³/mol. The minimum Gasteiger partial charge on any atom is -0.465 e. The van der Waals surface area contributed by atoms with Gasteiger partial charge in [0, 0.05) is 12.1 Å². The molecule has 1 N–H and O–H groups in total. The molecule has 1 spiro atoms. The smallest absolute Gasteiger partial charge is 0.312 e. The Morgan fingerprint density at radius 1 is 1.19 bits per heavy atom. The minimum atomic E-state index is -1.20. The van der Waals surface area contributed by atoms with Crippen LogP contribution in [0.2, 0.25) is 0 Å². The van der Waals surface area contributed by atoms with E-state index in [4.69, 9.17) is 9.47 Å². The maximum Gasteiger partial charge on any atom is 0.312 e. The molecule has 0 radical (unpaired) electrons. The Morgan fingerprint density at radius 3 is 2.37 bits per heavy atom. The van der Waals surface area contributed by atoms with Crippen LogP contribution in [0.4, 0.5) is 0 Å². The van der Waals surface area contributed by atoms with Crippen LogP contribution in [0.5, 0.6) is 0 Å². The zero-order valence-electron chi connectivity index (χ0n) is 28.3. The molecule has 8 nitrogen and oxygen atoms in total. The molecule has 7 atom stereocenters. The molecule has 2 bridgehead atoms. The number of esters is 1. The molecule has 0 aliphatic carbocycles. The number of aliphatic hydroxyl groups is 1. The molecule has 3 aliphatic rings. The van der Waals surface area contributed by atoms with Crippen molar-refractivity contribution in [3.05, 3.63) is 25.3 Å². The number of rotatable bonds is 15. The van der Waals surface area contributed by atoms with Gasteiger partial charge >= 0.3 is 5.97 Å². The number of allylic oxidation sites excluding steroid dienone is 1. The molecule has 0 saturated carbocycles. The van der Waals surface area contributed by atoms with E-state index in [2.05, 4.69) is 47.8 Å². The average Bonchev–Trinajstić information content (AvgIpc) is 3.40. The fraction of sp³-hybridized carbons (Fsp3) is 0.800. The first-order valence-corrected chi connectivity index (χ1v) is 16.2. The minimum absolute atomic E-state index is 0.0642. The Balaban J connectivity index is 2.13. The quantitative estimate of drug-likeness (QED) is 0.150. The van der Waals surface area contributed by atoms with Gasteiger partial charge in [0.05, 0.1) is 30.8 Å². The Labute approximate surface area is 260 Å². The number of carbonyl (C=O) groups is 3. The molecule has 2 amide bonds. The van der Waals surface area contributed by atoms with E-state index in [1.54, 1.807) is 11.0 Å². The van der Waals surface area contributed by atoms with Gasteiger partial charge in [0.15, 0.2) is 0 Å². The molecule has 244 valence electrons. The van der Waals surface area contributed by atoms with Crippen molar-refractivity contribution in [1.29, 1.82) is 0 Å². The van der Waals surface area contributed by atoms with Crippen LogP contribution < -0.4 is 0 Å². The molecule has 0 aromatic rings. The summed E-state index contributed by atoms with van der Waals surface area (Å²) in [7, 11) is 0. The number of likely N-dealkylation sites (tertiary alicyclic amines) is 1. The van der Waals surface area contributed by atoms with Crippen LogP contribution in [0, 0.1) is 29.1 Å². The third-order valence-electron chi connectivity index (χ3n) is 9.91. The summed E-state index contributed by atoms with van der Waals surface area (Å²) in [6.45, 7) is 26.5. The van der Waals surface area contributed by atoms with Crippen LogP contribution in [0.3, 0.4) is 0 Å². The lowest BCUT2D eigenvalue weighted by Crippen LogP contribution is -2.62. The van der Waals surface area contributed by atoms with Gasteiger partial charge in [-0.15, -0.1) is 13.2 Å². The maximum atomic E-state index is 15.0. The van der Waals surface area contributed by atoms with Crippen molar-refractivity contribution in [1.82, 2.24) is 9.80 Å². The lowest BCUT2D eigenvalue weighted by molar-refractivity contribution is -0.165. The zero-order chi connectivity index (χ0) is 32.5. The number of fused-ring (bicyclic) bond motifs is 1. The van der Waals surface area contributed by atoms with E-state index in [9.17, 15) is 14.7 Å². The number of hydrogen-bond acceptors (Lipinski definition) is 6. The van der Waals surface area contributed by atoms with Crippen molar-refractivity contribution in [2.24, 2.45) is 29.1 Å². The highest BCUT2D eigenvalue weighted by Crippen LogP contribution is 2.66. The lowest BCUT2D eigenvalue weighted by Gasteiger charge is -2.46. The number of carbonyl (C=O) groups excluding carboxylic acids is 3. The summed E-state index contributed by atoms with van der Waals surface area (Å²) in [4.78, 5) is 46.9. The van der Waals surface area contributed by atoms with Gasteiger partial charge in [-0.05, 0) is 76.5 Å². The third kappa shape index (κ3) is 6.61. The van der Waals surface area contributed by atoms with Gasteiger partial charge in [-0.1, -0.05) is 53.7 Å². The van der Waals surface area contributed by atoms with Crippen molar-refractivity contribution < 1.29 is 29.0 Å². The van der Waals surface area contributed by atoms with E-state index >= 15 is 4.79 Å². The summed E-state index contributed by atoms with van der Waals surface area (Å²) < 4.78 is 12.7. The highest BCUT2D eigenvalue weighted by molar-refractivity contribution is 5.99. The van der Waals surface area contributed by atoms with E-state index in [0.717, 1.165) is 19.3 Å². The first kappa shape index (κ1) is 35.3. The van der Waals surface area contributed by atoms with Gasteiger partial charge in [-0.25, -0.2) is 0 Å². The molecular weight excluding hydrogens is 544 g/mol. The molecule has 3 saturated heterocycles. The van der Waals surface area contributed by atoms with Crippen molar-refractivity contribution in [3.8, 4) is 0 Å². The molecule has 3 heterocycles. The van der Waals surface area contributed by atoms with Crippen LogP contribution in [-0.4, -0.2) is 81.3 Å². The molecule has 3 rings (SSSR count). The van der Waals surface area contributed by atoms with Gasteiger partial charge in [-0.3, -0.25) is 14.4 Å². The second kappa shape index (κ2) is 13.0. The number of ether oxygens (including phenoxy) is 2. The molecule has 8 heteroatoms. The summed E-state index contributed by atoms with van der Waals surface area (Å²) in [5.74, 6) is -2.57. The second-order valence-corrected chi connectivity index (χ2v) is 15.7. The van der Waals surface area contributed by atoms with Gasteiger partial charge in [0.1, 0.15) is 17.6 Å². The maximum absolute atomic E-state index is 15.0. The number of aliphatic hydroxyl groups excluding tert-OH is 1. The van der Waals surface area contributed by atoms with E-state index in [0.29, 0.717) is 25.8 Å². The molecule has 43 heavy (non-hydrogen) atoms. The van der Waals surface area contributed by atoms with Crippen LogP contribution in [-0.2, 0) is 23.9 Å². The van der Waals surface area contributed by atoms with Crippen LogP contribution >= 0.6 is 0 Å². The van der Waals surface area contributed by atoms with Gasteiger partial charge in [0.25, 0.3) is 0 Å². The van der Waals surface area contributed by atoms with E-state index in [1.165, 1.54) is 0 Å². The standard InChI is InChI=1S/C35H58N2O6/c1-12-14-15-16-18-42-31(41)27-26-29(39)37(25(21-38)19-23(3)4)28(35(26)20-24(5)34(27,11)43-35)30(40)36(17-13-2)33(9,10)22-32(6,7)8/h12-13,23-28,38H,1-2,14-22H2,3-11H3/t24?,25-,26+,27+,28?,34-,35?/m1/s1. The van der Waals surface area contributed by atoms with Crippen LogP contribution in [0.25, 0.3) is 0 Å². The molecule has 3 unspecified atom stereocenters. The molecular formula is C35H58N2O6.